The first kappa shape index (κ1) is 19.2. The molecule has 0 saturated carbocycles. The summed E-state index contributed by atoms with van der Waals surface area (Å²) in [5.74, 6) is 0.437. The number of aryl methyl sites for hydroxylation is 1. The van der Waals surface area contributed by atoms with Gasteiger partial charge in [-0.3, -0.25) is 9.52 Å². The third-order valence-electron chi connectivity index (χ3n) is 4.60. The van der Waals surface area contributed by atoms with Crippen molar-refractivity contribution in [3.8, 4) is 5.75 Å². The highest BCUT2D eigenvalue weighted by Gasteiger charge is 2.26. The first-order valence-electron chi connectivity index (χ1n) is 8.62. The van der Waals surface area contributed by atoms with Crippen molar-refractivity contribution < 1.29 is 17.9 Å². The van der Waals surface area contributed by atoms with E-state index in [0.717, 1.165) is 12.0 Å². The third-order valence-corrected chi connectivity index (χ3v) is 5.98. The Kier molecular flexibility index (Phi) is 5.38. The van der Waals surface area contributed by atoms with E-state index >= 15 is 0 Å². The Bertz CT molecular complexity index is 942. The largest absolute Gasteiger partial charge is 0.497 e. The Morgan fingerprint density at radius 1 is 1.22 bits per heavy atom. The van der Waals surface area contributed by atoms with Gasteiger partial charge in [-0.25, -0.2) is 8.42 Å². The van der Waals surface area contributed by atoms with Gasteiger partial charge in [0.05, 0.1) is 12.0 Å². The number of amides is 1. The number of benzene rings is 2. The fourth-order valence-corrected chi connectivity index (χ4v) is 4.10. The first-order valence-corrected chi connectivity index (χ1v) is 10.1. The van der Waals surface area contributed by atoms with E-state index in [4.69, 9.17) is 10.5 Å². The molecule has 1 fully saturated rings. The van der Waals surface area contributed by atoms with E-state index in [0.29, 0.717) is 30.1 Å². The van der Waals surface area contributed by atoms with E-state index in [-0.39, 0.29) is 16.8 Å². The topological polar surface area (TPSA) is 102 Å². The van der Waals surface area contributed by atoms with Crippen LogP contribution in [0.2, 0.25) is 0 Å². The van der Waals surface area contributed by atoms with Gasteiger partial charge >= 0.3 is 0 Å². The molecule has 1 aliphatic heterocycles. The quantitative estimate of drug-likeness (QED) is 0.814. The molecule has 8 heteroatoms. The Morgan fingerprint density at radius 3 is 2.52 bits per heavy atom. The number of nitrogens with two attached hydrogens (primary N) is 1. The number of rotatable bonds is 5. The molecule has 27 heavy (non-hydrogen) atoms. The zero-order chi connectivity index (χ0) is 19.6. The number of carbonyl (C=O) groups is 1. The molecular formula is C19H23N3O4S. The lowest BCUT2D eigenvalue weighted by molar-refractivity contribution is 0.0790. The summed E-state index contributed by atoms with van der Waals surface area (Å²) in [6.45, 7) is 2.86. The average Bonchev–Trinajstić information content (AvgIpc) is 3.08. The fourth-order valence-electron chi connectivity index (χ4n) is 3.01. The van der Waals surface area contributed by atoms with E-state index < -0.39 is 10.0 Å². The van der Waals surface area contributed by atoms with Gasteiger partial charge in [-0.05, 0) is 55.3 Å². The molecule has 2 aromatic rings. The molecule has 0 aliphatic carbocycles. The van der Waals surface area contributed by atoms with E-state index in [9.17, 15) is 13.2 Å². The fraction of sp³-hybridized carbons (Fsp3) is 0.316. The summed E-state index contributed by atoms with van der Waals surface area (Å²) < 4.78 is 33.0. The number of likely N-dealkylation sites (tertiary alicyclic amines) is 1. The number of nitrogens with one attached hydrogen (secondary N) is 1. The molecule has 0 bridgehead atoms. The number of methoxy groups -OCH3 is 1. The van der Waals surface area contributed by atoms with Crippen molar-refractivity contribution in [2.75, 3.05) is 24.9 Å². The zero-order valence-corrected chi connectivity index (χ0v) is 16.1. The van der Waals surface area contributed by atoms with Crippen LogP contribution in [0.25, 0.3) is 0 Å². The molecule has 3 N–H and O–H groups in total. The maximum atomic E-state index is 12.8. The van der Waals surface area contributed by atoms with Gasteiger partial charge in [-0.1, -0.05) is 6.07 Å². The minimum Gasteiger partial charge on any atom is -0.497 e. The monoisotopic (exact) mass is 389 g/mol. The lowest BCUT2D eigenvalue weighted by atomic mass is 10.1. The van der Waals surface area contributed by atoms with Crippen LogP contribution in [0.1, 0.15) is 22.3 Å². The van der Waals surface area contributed by atoms with Gasteiger partial charge in [-0.2, -0.15) is 0 Å². The zero-order valence-electron chi connectivity index (χ0n) is 15.3. The normalized spacial score (nSPS) is 17.0. The summed E-state index contributed by atoms with van der Waals surface area (Å²) in [6, 6.07) is 11.1. The number of ether oxygens (including phenoxy) is 1. The standard InChI is InChI=1S/C19H23N3O4S/c1-13-3-8-17(11-18(13)19(23)22-10-9-14(20)12-22)27(24,25)21-15-4-6-16(26-2)7-5-15/h3-8,11,14,21H,9-10,12,20H2,1-2H3/t14-/m1/s1. The maximum Gasteiger partial charge on any atom is 0.261 e. The number of anilines is 1. The number of hydrogen-bond acceptors (Lipinski definition) is 5. The van der Waals surface area contributed by atoms with E-state index in [1.165, 1.54) is 19.2 Å². The predicted molar refractivity (Wildman–Crippen MR) is 103 cm³/mol. The Hall–Kier alpha value is -2.58. The van der Waals surface area contributed by atoms with Crippen LogP contribution < -0.4 is 15.2 Å². The SMILES string of the molecule is COc1ccc(NS(=O)(=O)c2ccc(C)c(C(=O)N3CC[C@@H](N)C3)c2)cc1. The van der Waals surface area contributed by atoms with Crippen LogP contribution >= 0.6 is 0 Å². The van der Waals surface area contributed by atoms with E-state index in [1.807, 2.05) is 0 Å². The smallest absolute Gasteiger partial charge is 0.261 e. The van der Waals surface area contributed by atoms with Crippen LogP contribution in [-0.4, -0.2) is 45.5 Å². The minimum atomic E-state index is -3.83. The van der Waals surface area contributed by atoms with Crippen molar-refractivity contribution in [2.45, 2.75) is 24.3 Å². The molecule has 144 valence electrons. The molecule has 0 radical (unpaired) electrons. The van der Waals surface area contributed by atoms with Gasteiger partial charge in [0.1, 0.15) is 5.75 Å². The van der Waals surface area contributed by atoms with Gasteiger partial charge in [0.15, 0.2) is 0 Å². The Morgan fingerprint density at radius 2 is 1.93 bits per heavy atom. The minimum absolute atomic E-state index is 0.0297. The van der Waals surface area contributed by atoms with Crippen molar-refractivity contribution >= 4 is 21.6 Å². The molecule has 1 amide bonds. The molecule has 1 atom stereocenters. The number of sulfonamides is 1. The summed E-state index contributed by atoms with van der Waals surface area (Å²) in [7, 11) is -2.29. The van der Waals surface area contributed by atoms with E-state index in [1.54, 1.807) is 42.2 Å². The molecule has 0 aromatic heterocycles. The Balaban J connectivity index is 1.86. The van der Waals surface area contributed by atoms with Crippen LogP contribution in [-0.2, 0) is 10.0 Å². The summed E-state index contributed by atoms with van der Waals surface area (Å²) in [5.41, 5.74) is 7.39. The lowest BCUT2D eigenvalue weighted by Crippen LogP contribution is -2.32. The summed E-state index contributed by atoms with van der Waals surface area (Å²) in [5, 5.41) is 0. The number of hydrogen-bond donors (Lipinski definition) is 2. The summed E-state index contributed by atoms with van der Waals surface area (Å²) in [6.07, 6.45) is 0.752. The second kappa shape index (κ2) is 7.58. The molecule has 2 aromatic carbocycles. The van der Waals surface area contributed by atoms with Gasteiger partial charge in [0.2, 0.25) is 0 Å². The van der Waals surface area contributed by atoms with Crippen LogP contribution in [0, 0.1) is 6.92 Å². The second-order valence-corrected chi connectivity index (χ2v) is 8.29. The van der Waals surface area contributed by atoms with Gasteiger partial charge in [0, 0.05) is 30.4 Å². The molecule has 1 aliphatic rings. The van der Waals surface area contributed by atoms with Gasteiger partial charge in [0.25, 0.3) is 15.9 Å². The summed E-state index contributed by atoms with van der Waals surface area (Å²) in [4.78, 5) is 14.5. The molecule has 3 rings (SSSR count). The molecular weight excluding hydrogens is 366 g/mol. The molecule has 1 heterocycles. The van der Waals surface area contributed by atoms with Gasteiger partial charge in [-0.15, -0.1) is 0 Å². The van der Waals surface area contributed by atoms with Crippen molar-refractivity contribution in [1.29, 1.82) is 0 Å². The van der Waals surface area contributed by atoms with Crippen LogP contribution in [0.4, 0.5) is 5.69 Å². The summed E-state index contributed by atoms with van der Waals surface area (Å²) >= 11 is 0. The predicted octanol–water partition coefficient (Wildman–Crippen LogP) is 1.98. The molecule has 7 nitrogen and oxygen atoms in total. The van der Waals surface area contributed by atoms with Gasteiger partial charge < -0.3 is 15.4 Å². The molecule has 1 saturated heterocycles. The lowest BCUT2D eigenvalue weighted by Gasteiger charge is -2.18. The third kappa shape index (κ3) is 4.23. The Labute approximate surface area is 159 Å². The van der Waals surface area contributed by atoms with Crippen LogP contribution in [0.5, 0.6) is 5.75 Å². The number of carbonyl (C=O) groups excluding carboxylic acids is 1. The van der Waals surface area contributed by atoms with Crippen LogP contribution in [0.15, 0.2) is 47.4 Å². The van der Waals surface area contributed by atoms with E-state index in [2.05, 4.69) is 4.72 Å². The highest BCUT2D eigenvalue weighted by molar-refractivity contribution is 7.92. The highest BCUT2D eigenvalue weighted by Crippen LogP contribution is 2.23. The van der Waals surface area contributed by atoms with Crippen molar-refractivity contribution in [3.63, 3.8) is 0 Å². The van der Waals surface area contributed by atoms with Crippen molar-refractivity contribution in [1.82, 2.24) is 4.90 Å². The highest BCUT2D eigenvalue weighted by atomic mass is 32.2. The maximum absolute atomic E-state index is 12.8. The van der Waals surface area contributed by atoms with Crippen LogP contribution in [0.3, 0.4) is 0 Å². The molecule has 0 unspecified atom stereocenters. The second-order valence-electron chi connectivity index (χ2n) is 6.61. The van der Waals surface area contributed by atoms with Crippen molar-refractivity contribution in [3.05, 3.63) is 53.6 Å². The average molecular weight is 389 g/mol. The van der Waals surface area contributed by atoms with Crippen molar-refractivity contribution in [2.24, 2.45) is 5.73 Å². The first-order chi connectivity index (χ1) is 12.8. The molecule has 0 spiro atoms. The number of nitrogens with zero attached hydrogens (tertiary/aromatic N) is 1.